The molecule has 0 atom stereocenters. The first-order valence-electron chi connectivity index (χ1n) is 8.18. The van der Waals surface area contributed by atoms with Crippen molar-refractivity contribution in [3.05, 3.63) is 35.5 Å². The van der Waals surface area contributed by atoms with Crippen LogP contribution in [0.2, 0.25) is 0 Å². The number of carbonyl (C=O) groups is 1. The summed E-state index contributed by atoms with van der Waals surface area (Å²) in [6, 6.07) is 6.32. The monoisotopic (exact) mass is 324 g/mol. The molecular formula is C17H20N6O. The molecule has 0 aliphatic carbocycles. The van der Waals surface area contributed by atoms with E-state index in [0.29, 0.717) is 18.4 Å². The number of aromatic nitrogens is 2. The molecule has 1 amide bonds. The number of carbonyl (C=O) groups excluding carboxylic acids is 1. The first-order chi connectivity index (χ1) is 11.7. The van der Waals surface area contributed by atoms with Gasteiger partial charge in [-0.15, -0.1) is 0 Å². The van der Waals surface area contributed by atoms with Crippen LogP contribution in [0.4, 0.5) is 23.1 Å². The van der Waals surface area contributed by atoms with Crippen LogP contribution in [0.5, 0.6) is 0 Å². The van der Waals surface area contributed by atoms with E-state index in [9.17, 15) is 4.79 Å². The summed E-state index contributed by atoms with van der Waals surface area (Å²) in [7, 11) is 0. The highest BCUT2D eigenvalue weighted by Gasteiger charge is 2.18. The number of nitrogens with zero attached hydrogens (tertiary/aromatic N) is 2. The molecule has 7 nitrogen and oxygen atoms in total. The molecule has 124 valence electrons. The van der Waals surface area contributed by atoms with Gasteiger partial charge in [0.15, 0.2) is 0 Å². The third kappa shape index (κ3) is 3.03. The van der Waals surface area contributed by atoms with Crippen molar-refractivity contribution in [1.29, 1.82) is 0 Å². The second-order valence-corrected chi connectivity index (χ2v) is 6.27. The first kappa shape index (κ1) is 14.9. The zero-order valence-electron chi connectivity index (χ0n) is 13.5. The van der Waals surface area contributed by atoms with E-state index in [0.717, 1.165) is 47.8 Å². The van der Waals surface area contributed by atoms with Gasteiger partial charge in [0.1, 0.15) is 5.82 Å². The maximum Gasteiger partial charge on any atom is 0.229 e. The third-order valence-corrected chi connectivity index (χ3v) is 4.35. The summed E-state index contributed by atoms with van der Waals surface area (Å²) in [5.74, 6) is 1.51. The SMILES string of the molecule is Cc1cnc(Nc2ccc3c(c2)CCC(=O)N3)nc1NC1CNC1. The van der Waals surface area contributed by atoms with Crippen molar-refractivity contribution in [3.63, 3.8) is 0 Å². The minimum Gasteiger partial charge on any atom is -0.364 e. The molecule has 7 heteroatoms. The third-order valence-electron chi connectivity index (χ3n) is 4.35. The van der Waals surface area contributed by atoms with Gasteiger partial charge >= 0.3 is 0 Å². The fraction of sp³-hybridized carbons (Fsp3) is 0.353. The average Bonchev–Trinajstić information content (AvgIpc) is 2.54. The van der Waals surface area contributed by atoms with Crippen molar-refractivity contribution in [2.75, 3.05) is 29.0 Å². The molecule has 2 aliphatic rings. The van der Waals surface area contributed by atoms with Gasteiger partial charge in [-0.2, -0.15) is 4.98 Å². The van der Waals surface area contributed by atoms with Crippen molar-refractivity contribution >= 4 is 29.0 Å². The molecule has 0 spiro atoms. The minimum absolute atomic E-state index is 0.0753. The smallest absolute Gasteiger partial charge is 0.229 e. The zero-order chi connectivity index (χ0) is 16.5. The molecule has 0 unspecified atom stereocenters. The number of fused-ring (bicyclic) bond motifs is 1. The number of hydrogen-bond acceptors (Lipinski definition) is 6. The zero-order valence-corrected chi connectivity index (χ0v) is 13.5. The van der Waals surface area contributed by atoms with Crippen LogP contribution in [0.3, 0.4) is 0 Å². The summed E-state index contributed by atoms with van der Waals surface area (Å²) in [6.45, 7) is 3.92. The fourth-order valence-corrected chi connectivity index (χ4v) is 2.82. The number of benzene rings is 1. The molecule has 1 aromatic carbocycles. The maximum absolute atomic E-state index is 11.4. The molecule has 4 N–H and O–H groups in total. The second kappa shape index (κ2) is 6.09. The summed E-state index contributed by atoms with van der Waals surface area (Å²) < 4.78 is 0. The lowest BCUT2D eigenvalue weighted by atomic mass is 10.0. The summed E-state index contributed by atoms with van der Waals surface area (Å²) in [4.78, 5) is 20.4. The predicted molar refractivity (Wildman–Crippen MR) is 93.7 cm³/mol. The van der Waals surface area contributed by atoms with Gasteiger partial charge in [0.25, 0.3) is 0 Å². The minimum atomic E-state index is 0.0753. The number of aryl methyl sites for hydroxylation is 2. The molecule has 1 saturated heterocycles. The van der Waals surface area contributed by atoms with Crippen molar-refractivity contribution < 1.29 is 4.79 Å². The molecule has 1 aromatic heterocycles. The Morgan fingerprint density at radius 3 is 2.92 bits per heavy atom. The Hall–Kier alpha value is -2.67. The van der Waals surface area contributed by atoms with E-state index in [-0.39, 0.29) is 5.91 Å². The van der Waals surface area contributed by atoms with Crippen LogP contribution in [0, 0.1) is 6.92 Å². The molecule has 4 rings (SSSR count). The highest BCUT2D eigenvalue weighted by molar-refractivity contribution is 5.94. The molecule has 0 radical (unpaired) electrons. The molecule has 2 aromatic rings. The highest BCUT2D eigenvalue weighted by Crippen LogP contribution is 2.27. The Morgan fingerprint density at radius 1 is 1.25 bits per heavy atom. The first-order valence-corrected chi connectivity index (χ1v) is 8.18. The van der Waals surface area contributed by atoms with Gasteiger partial charge < -0.3 is 21.3 Å². The largest absolute Gasteiger partial charge is 0.364 e. The quantitative estimate of drug-likeness (QED) is 0.685. The molecular weight excluding hydrogens is 304 g/mol. The molecule has 3 heterocycles. The molecule has 0 saturated carbocycles. The van der Waals surface area contributed by atoms with Crippen molar-refractivity contribution in [3.8, 4) is 0 Å². The lowest BCUT2D eigenvalue weighted by Crippen LogP contribution is -2.51. The lowest BCUT2D eigenvalue weighted by molar-refractivity contribution is -0.116. The Labute approximate surface area is 140 Å². The lowest BCUT2D eigenvalue weighted by Gasteiger charge is -2.29. The molecule has 24 heavy (non-hydrogen) atoms. The van der Waals surface area contributed by atoms with Gasteiger partial charge in [-0.1, -0.05) is 0 Å². The van der Waals surface area contributed by atoms with E-state index in [1.807, 2.05) is 31.3 Å². The average molecular weight is 324 g/mol. The van der Waals surface area contributed by atoms with Gasteiger partial charge in [0, 0.05) is 42.6 Å². The van der Waals surface area contributed by atoms with Crippen LogP contribution in [-0.4, -0.2) is 35.0 Å². The van der Waals surface area contributed by atoms with E-state index in [1.54, 1.807) is 0 Å². The number of hydrogen-bond donors (Lipinski definition) is 4. The van der Waals surface area contributed by atoms with E-state index < -0.39 is 0 Å². The number of rotatable bonds is 4. The summed E-state index contributed by atoms with van der Waals surface area (Å²) in [5, 5.41) is 12.8. The van der Waals surface area contributed by atoms with E-state index in [2.05, 4.69) is 31.2 Å². The van der Waals surface area contributed by atoms with Crippen LogP contribution in [0.15, 0.2) is 24.4 Å². The van der Waals surface area contributed by atoms with Crippen LogP contribution in [0.25, 0.3) is 0 Å². The van der Waals surface area contributed by atoms with Crippen molar-refractivity contribution in [2.45, 2.75) is 25.8 Å². The number of anilines is 4. The van der Waals surface area contributed by atoms with Crippen LogP contribution in [-0.2, 0) is 11.2 Å². The summed E-state index contributed by atoms with van der Waals surface area (Å²) in [5.41, 5.74) is 3.97. The summed E-state index contributed by atoms with van der Waals surface area (Å²) in [6.07, 6.45) is 3.11. The van der Waals surface area contributed by atoms with Crippen molar-refractivity contribution in [1.82, 2.24) is 15.3 Å². The molecule has 0 bridgehead atoms. The summed E-state index contributed by atoms with van der Waals surface area (Å²) >= 11 is 0. The van der Waals surface area contributed by atoms with E-state index in [4.69, 9.17) is 0 Å². The topological polar surface area (TPSA) is 91.0 Å². The maximum atomic E-state index is 11.4. The van der Waals surface area contributed by atoms with Crippen LogP contribution >= 0.6 is 0 Å². The second-order valence-electron chi connectivity index (χ2n) is 6.27. The Morgan fingerprint density at radius 2 is 2.12 bits per heavy atom. The van der Waals surface area contributed by atoms with Crippen molar-refractivity contribution in [2.24, 2.45) is 0 Å². The predicted octanol–water partition coefficient (Wildman–Crippen LogP) is 1.80. The van der Waals surface area contributed by atoms with Gasteiger partial charge in [-0.05, 0) is 37.1 Å². The normalized spacial score (nSPS) is 16.8. The van der Waals surface area contributed by atoms with Gasteiger partial charge in [0.2, 0.25) is 11.9 Å². The van der Waals surface area contributed by atoms with Gasteiger partial charge in [-0.3, -0.25) is 4.79 Å². The van der Waals surface area contributed by atoms with E-state index >= 15 is 0 Å². The molecule has 1 fully saturated rings. The standard InChI is InChI=1S/C17H20N6O/c1-10-7-19-17(23-16(10)20-13-8-18-9-13)21-12-3-4-14-11(6-12)2-5-15(24)22-14/h3-4,6-7,13,18H,2,5,8-9H2,1H3,(H,22,24)(H2,19,20,21,23). The van der Waals surface area contributed by atoms with Gasteiger partial charge in [0.05, 0.1) is 6.04 Å². The van der Waals surface area contributed by atoms with E-state index in [1.165, 1.54) is 0 Å². The van der Waals surface area contributed by atoms with Crippen LogP contribution < -0.4 is 21.3 Å². The molecule has 2 aliphatic heterocycles. The fourth-order valence-electron chi connectivity index (χ4n) is 2.82. The highest BCUT2D eigenvalue weighted by atomic mass is 16.1. The Balaban J connectivity index is 1.52. The Bertz CT molecular complexity index is 787. The number of amides is 1. The number of nitrogens with one attached hydrogen (secondary N) is 4. The van der Waals surface area contributed by atoms with Gasteiger partial charge in [-0.25, -0.2) is 4.98 Å². The van der Waals surface area contributed by atoms with Crippen LogP contribution in [0.1, 0.15) is 17.5 Å². The Kier molecular flexibility index (Phi) is 3.78.